The van der Waals surface area contributed by atoms with Gasteiger partial charge >= 0.3 is 18.0 Å². The van der Waals surface area contributed by atoms with Crippen LogP contribution >= 0.6 is 0 Å². The number of carboxylic acid groups (broad SMARTS) is 1. The SMILES string of the molecule is CC(C)(C)OC(=O)CCNC(=O)NC1=C(C(=O)O)CC=C1. The predicted octanol–water partition coefficient (Wildman–Crippen LogP) is 1.32. The van der Waals surface area contributed by atoms with Gasteiger partial charge in [-0.25, -0.2) is 9.59 Å². The van der Waals surface area contributed by atoms with Crippen molar-refractivity contribution < 1.29 is 24.2 Å². The molecule has 7 heteroatoms. The molecular formula is C14H20N2O5. The quantitative estimate of drug-likeness (QED) is 0.664. The van der Waals surface area contributed by atoms with Gasteiger partial charge in [-0.15, -0.1) is 0 Å². The van der Waals surface area contributed by atoms with Crippen LogP contribution in [-0.4, -0.2) is 35.2 Å². The van der Waals surface area contributed by atoms with Crippen molar-refractivity contribution in [1.82, 2.24) is 10.6 Å². The van der Waals surface area contributed by atoms with Crippen molar-refractivity contribution >= 4 is 18.0 Å². The summed E-state index contributed by atoms with van der Waals surface area (Å²) >= 11 is 0. The Morgan fingerprint density at radius 1 is 1.33 bits per heavy atom. The summed E-state index contributed by atoms with van der Waals surface area (Å²) in [5.74, 6) is -1.47. The van der Waals surface area contributed by atoms with Crippen LogP contribution < -0.4 is 10.6 Å². The molecule has 0 unspecified atom stereocenters. The number of amides is 2. The molecule has 0 saturated carbocycles. The van der Waals surface area contributed by atoms with E-state index in [1.807, 2.05) is 0 Å². The number of ether oxygens (including phenoxy) is 1. The van der Waals surface area contributed by atoms with Gasteiger partial charge in [0.1, 0.15) is 5.60 Å². The highest BCUT2D eigenvalue weighted by molar-refractivity contribution is 5.91. The van der Waals surface area contributed by atoms with Gasteiger partial charge in [-0.3, -0.25) is 4.79 Å². The number of aliphatic carboxylic acids is 1. The van der Waals surface area contributed by atoms with E-state index >= 15 is 0 Å². The first-order valence-corrected chi connectivity index (χ1v) is 6.59. The second kappa shape index (κ2) is 6.92. The van der Waals surface area contributed by atoms with E-state index in [-0.39, 0.29) is 30.7 Å². The van der Waals surface area contributed by atoms with Gasteiger partial charge in [-0.1, -0.05) is 6.08 Å². The molecule has 3 N–H and O–H groups in total. The Morgan fingerprint density at radius 2 is 2.00 bits per heavy atom. The Bertz CT molecular complexity index is 500. The third-order valence-electron chi connectivity index (χ3n) is 2.47. The first kappa shape index (κ1) is 16.7. The molecule has 0 spiro atoms. The van der Waals surface area contributed by atoms with Crippen molar-refractivity contribution in [3.63, 3.8) is 0 Å². The molecule has 116 valence electrons. The minimum Gasteiger partial charge on any atom is -0.478 e. The largest absolute Gasteiger partial charge is 0.478 e. The van der Waals surface area contributed by atoms with E-state index in [4.69, 9.17) is 9.84 Å². The molecule has 0 aromatic heterocycles. The highest BCUT2D eigenvalue weighted by Gasteiger charge is 2.18. The van der Waals surface area contributed by atoms with Crippen LogP contribution in [0.5, 0.6) is 0 Å². The van der Waals surface area contributed by atoms with Gasteiger partial charge in [0.2, 0.25) is 0 Å². The minimum atomic E-state index is -1.07. The third kappa shape index (κ3) is 6.11. The second-order valence-corrected chi connectivity index (χ2v) is 5.52. The Hall–Kier alpha value is -2.31. The lowest BCUT2D eigenvalue weighted by atomic mass is 10.2. The smallest absolute Gasteiger partial charge is 0.333 e. The number of hydrogen-bond acceptors (Lipinski definition) is 4. The summed E-state index contributed by atoms with van der Waals surface area (Å²) in [5, 5.41) is 13.8. The maximum atomic E-state index is 11.6. The fourth-order valence-electron chi connectivity index (χ4n) is 1.66. The van der Waals surface area contributed by atoms with E-state index in [9.17, 15) is 14.4 Å². The van der Waals surface area contributed by atoms with Gasteiger partial charge in [-0.05, 0) is 33.3 Å². The lowest BCUT2D eigenvalue weighted by Crippen LogP contribution is -2.37. The number of carbonyl (C=O) groups excluding carboxylic acids is 2. The molecule has 0 aliphatic heterocycles. The van der Waals surface area contributed by atoms with Crippen molar-refractivity contribution in [1.29, 1.82) is 0 Å². The predicted molar refractivity (Wildman–Crippen MR) is 75.4 cm³/mol. The Kier molecular flexibility index (Phi) is 5.52. The maximum absolute atomic E-state index is 11.6. The average molecular weight is 296 g/mol. The summed E-state index contributed by atoms with van der Waals surface area (Å²) in [5.41, 5.74) is -0.163. The van der Waals surface area contributed by atoms with Gasteiger partial charge in [-0.2, -0.15) is 0 Å². The number of nitrogens with one attached hydrogen (secondary N) is 2. The second-order valence-electron chi connectivity index (χ2n) is 5.52. The van der Waals surface area contributed by atoms with Crippen LogP contribution in [0.2, 0.25) is 0 Å². The number of hydrogen-bond donors (Lipinski definition) is 3. The molecule has 0 aromatic rings. The summed E-state index contributed by atoms with van der Waals surface area (Å²) in [6.07, 6.45) is 3.52. The zero-order chi connectivity index (χ0) is 16.0. The van der Waals surface area contributed by atoms with E-state index in [2.05, 4.69) is 10.6 Å². The molecular weight excluding hydrogens is 276 g/mol. The molecule has 2 amide bonds. The third-order valence-corrected chi connectivity index (χ3v) is 2.47. The molecule has 21 heavy (non-hydrogen) atoms. The minimum absolute atomic E-state index is 0.0470. The van der Waals surface area contributed by atoms with Crippen LogP contribution in [-0.2, 0) is 14.3 Å². The summed E-state index contributed by atoms with van der Waals surface area (Å²) in [4.78, 5) is 33.9. The van der Waals surface area contributed by atoms with Crippen molar-refractivity contribution in [2.45, 2.75) is 39.2 Å². The number of rotatable bonds is 5. The molecule has 7 nitrogen and oxygen atoms in total. The molecule has 0 aromatic carbocycles. The Balaban J connectivity index is 2.35. The molecule has 1 aliphatic rings. The zero-order valence-corrected chi connectivity index (χ0v) is 12.4. The highest BCUT2D eigenvalue weighted by Crippen LogP contribution is 2.16. The van der Waals surface area contributed by atoms with Crippen molar-refractivity contribution in [3.8, 4) is 0 Å². The average Bonchev–Trinajstić information content (AvgIpc) is 2.74. The van der Waals surface area contributed by atoms with Crippen LogP contribution in [0.15, 0.2) is 23.4 Å². The monoisotopic (exact) mass is 296 g/mol. The Labute approximate surface area is 123 Å². The van der Waals surface area contributed by atoms with Gasteiger partial charge in [0.05, 0.1) is 17.7 Å². The molecule has 0 fully saturated rings. The first-order chi connectivity index (χ1) is 9.69. The number of urea groups is 1. The summed E-state index contributed by atoms with van der Waals surface area (Å²) in [6.45, 7) is 5.40. The van der Waals surface area contributed by atoms with E-state index in [0.29, 0.717) is 0 Å². The lowest BCUT2D eigenvalue weighted by Gasteiger charge is -2.19. The maximum Gasteiger partial charge on any atom is 0.333 e. The molecule has 1 rings (SSSR count). The number of carboxylic acids is 1. The zero-order valence-electron chi connectivity index (χ0n) is 12.4. The van der Waals surface area contributed by atoms with E-state index in [1.165, 1.54) is 6.08 Å². The number of esters is 1. The first-order valence-electron chi connectivity index (χ1n) is 6.59. The van der Waals surface area contributed by atoms with Crippen molar-refractivity contribution in [2.24, 2.45) is 0 Å². The van der Waals surface area contributed by atoms with Crippen LogP contribution in [0.25, 0.3) is 0 Å². The van der Waals surface area contributed by atoms with E-state index in [0.717, 1.165) is 0 Å². The molecule has 0 bridgehead atoms. The van der Waals surface area contributed by atoms with Crippen molar-refractivity contribution in [3.05, 3.63) is 23.4 Å². The standard InChI is InChI=1S/C14H20N2O5/c1-14(2,3)21-11(17)7-8-15-13(20)16-10-6-4-5-9(10)12(18)19/h4,6H,5,7-8H2,1-3H3,(H,18,19)(H2,15,16,20). The molecule has 1 aliphatic carbocycles. The summed E-state index contributed by atoms with van der Waals surface area (Å²) in [6, 6.07) is -0.557. The summed E-state index contributed by atoms with van der Waals surface area (Å²) in [7, 11) is 0. The molecule has 0 atom stereocenters. The van der Waals surface area contributed by atoms with Crippen LogP contribution in [0.4, 0.5) is 4.79 Å². The van der Waals surface area contributed by atoms with Gasteiger partial charge in [0.25, 0.3) is 0 Å². The highest BCUT2D eigenvalue weighted by atomic mass is 16.6. The van der Waals surface area contributed by atoms with Crippen LogP contribution in [0.1, 0.15) is 33.6 Å². The van der Waals surface area contributed by atoms with Crippen LogP contribution in [0, 0.1) is 0 Å². The Morgan fingerprint density at radius 3 is 2.57 bits per heavy atom. The van der Waals surface area contributed by atoms with Gasteiger partial charge in [0, 0.05) is 6.54 Å². The number of carbonyl (C=O) groups is 3. The fraction of sp³-hybridized carbons (Fsp3) is 0.500. The summed E-state index contributed by atoms with van der Waals surface area (Å²) < 4.78 is 5.09. The molecule has 0 saturated heterocycles. The normalized spacial score (nSPS) is 14.0. The van der Waals surface area contributed by atoms with Gasteiger partial charge in [0.15, 0.2) is 0 Å². The molecule has 0 radical (unpaired) electrons. The van der Waals surface area contributed by atoms with Crippen LogP contribution in [0.3, 0.4) is 0 Å². The fourth-order valence-corrected chi connectivity index (χ4v) is 1.66. The van der Waals surface area contributed by atoms with Gasteiger partial charge < -0.3 is 20.5 Å². The molecule has 0 heterocycles. The van der Waals surface area contributed by atoms with Crippen molar-refractivity contribution in [2.75, 3.05) is 6.54 Å². The number of allylic oxidation sites excluding steroid dienone is 2. The van der Waals surface area contributed by atoms with E-state index < -0.39 is 23.6 Å². The van der Waals surface area contributed by atoms with E-state index in [1.54, 1.807) is 26.8 Å². The lowest BCUT2D eigenvalue weighted by molar-refractivity contribution is -0.154. The topological polar surface area (TPSA) is 105 Å².